The summed E-state index contributed by atoms with van der Waals surface area (Å²) in [5.41, 5.74) is 5.82. The second-order valence-corrected chi connectivity index (χ2v) is 8.66. The van der Waals surface area contributed by atoms with E-state index >= 15 is 0 Å². The summed E-state index contributed by atoms with van der Waals surface area (Å²) in [6.07, 6.45) is 2.70. The third-order valence-electron chi connectivity index (χ3n) is 4.55. The highest BCUT2D eigenvalue weighted by Gasteiger charge is 2.16. The smallest absolute Gasteiger partial charge is 0.273 e. The van der Waals surface area contributed by atoms with Gasteiger partial charge in [-0.05, 0) is 55.8 Å². The Morgan fingerprint density at radius 1 is 1.00 bits per heavy atom. The Morgan fingerprint density at radius 2 is 1.70 bits per heavy atom. The monoisotopic (exact) mass is 469 g/mol. The molecule has 0 aliphatic carbocycles. The number of furan rings is 1. The summed E-state index contributed by atoms with van der Waals surface area (Å²) < 4.78 is 38.2. The molecule has 3 aromatic rings. The van der Waals surface area contributed by atoms with Gasteiger partial charge in [-0.15, -0.1) is 0 Å². The Hall–Kier alpha value is -4.05. The van der Waals surface area contributed by atoms with Gasteiger partial charge in [0.1, 0.15) is 17.3 Å². The lowest BCUT2D eigenvalue weighted by Gasteiger charge is -2.11. The lowest BCUT2D eigenvalue weighted by Crippen LogP contribution is -2.40. The van der Waals surface area contributed by atoms with Gasteiger partial charge < -0.3 is 9.15 Å². The van der Waals surface area contributed by atoms with Gasteiger partial charge in [0.05, 0.1) is 23.3 Å². The zero-order chi connectivity index (χ0) is 24.0. The molecule has 172 valence electrons. The molecule has 33 heavy (non-hydrogen) atoms. The molecule has 0 aliphatic rings. The molecule has 0 atom stereocenters. The van der Waals surface area contributed by atoms with Crippen molar-refractivity contribution in [1.29, 1.82) is 0 Å². The maximum absolute atomic E-state index is 12.6. The van der Waals surface area contributed by atoms with Crippen LogP contribution in [0.4, 0.5) is 5.69 Å². The number of carbonyl (C=O) groups excluding carboxylic acids is 2. The minimum atomic E-state index is -3.83. The topological polar surface area (TPSA) is 127 Å². The number of ether oxygens (including phenoxy) is 1. The summed E-state index contributed by atoms with van der Waals surface area (Å²) in [5, 5.41) is 0. The minimum absolute atomic E-state index is 0.0491. The molecule has 0 unspecified atom stereocenters. The summed E-state index contributed by atoms with van der Waals surface area (Å²) in [5.74, 6) is 0.383. The molecule has 0 spiro atoms. The predicted octanol–water partition coefficient (Wildman–Crippen LogP) is 3.18. The lowest BCUT2D eigenvalue weighted by atomic mass is 10.2. The number of carbonyl (C=O) groups is 2. The number of aryl methyl sites for hydroxylation is 2. The van der Waals surface area contributed by atoms with Crippen molar-refractivity contribution in [3.05, 3.63) is 83.3 Å². The van der Waals surface area contributed by atoms with Crippen LogP contribution in [0.2, 0.25) is 0 Å². The van der Waals surface area contributed by atoms with Crippen molar-refractivity contribution in [2.45, 2.75) is 18.7 Å². The first-order valence-corrected chi connectivity index (χ1v) is 11.3. The van der Waals surface area contributed by atoms with E-state index in [1.165, 1.54) is 31.4 Å². The van der Waals surface area contributed by atoms with Crippen molar-refractivity contribution >= 4 is 33.6 Å². The van der Waals surface area contributed by atoms with Crippen LogP contribution in [0.3, 0.4) is 0 Å². The molecule has 3 N–H and O–H groups in total. The third kappa shape index (κ3) is 6.01. The normalized spacial score (nSPS) is 11.2. The van der Waals surface area contributed by atoms with E-state index in [9.17, 15) is 18.0 Å². The van der Waals surface area contributed by atoms with Crippen LogP contribution in [0.1, 0.15) is 27.4 Å². The van der Waals surface area contributed by atoms with Gasteiger partial charge in [-0.25, -0.2) is 8.42 Å². The van der Waals surface area contributed by atoms with Crippen LogP contribution in [0.5, 0.6) is 5.75 Å². The van der Waals surface area contributed by atoms with Gasteiger partial charge in [-0.1, -0.05) is 24.3 Å². The number of sulfonamides is 1. The molecular formula is C23H23N3O6S. The molecule has 10 heteroatoms. The van der Waals surface area contributed by atoms with Crippen molar-refractivity contribution in [2.24, 2.45) is 0 Å². The Balaban J connectivity index is 1.59. The number of anilines is 1. The number of methoxy groups -OCH3 is 1. The van der Waals surface area contributed by atoms with Crippen LogP contribution in [0.25, 0.3) is 6.08 Å². The molecule has 0 bridgehead atoms. The zero-order valence-corrected chi connectivity index (χ0v) is 19.0. The Kier molecular flexibility index (Phi) is 7.19. The van der Waals surface area contributed by atoms with E-state index in [2.05, 4.69) is 15.6 Å². The second-order valence-electron chi connectivity index (χ2n) is 6.98. The van der Waals surface area contributed by atoms with E-state index in [1.54, 1.807) is 56.3 Å². The molecule has 9 nitrogen and oxygen atoms in total. The predicted molar refractivity (Wildman–Crippen MR) is 123 cm³/mol. The molecule has 0 aliphatic heterocycles. The number of benzene rings is 2. The first-order chi connectivity index (χ1) is 15.7. The molecule has 1 aromatic heterocycles. The van der Waals surface area contributed by atoms with Crippen LogP contribution >= 0.6 is 0 Å². The molecule has 2 aromatic carbocycles. The van der Waals surface area contributed by atoms with Crippen LogP contribution in [0.15, 0.2) is 70.0 Å². The van der Waals surface area contributed by atoms with Crippen LogP contribution < -0.4 is 20.3 Å². The van der Waals surface area contributed by atoms with Crippen molar-refractivity contribution in [3.63, 3.8) is 0 Å². The summed E-state index contributed by atoms with van der Waals surface area (Å²) in [7, 11) is -2.38. The maximum Gasteiger partial charge on any atom is 0.273 e. The van der Waals surface area contributed by atoms with Crippen molar-refractivity contribution in [1.82, 2.24) is 10.9 Å². The fourth-order valence-corrected chi connectivity index (χ4v) is 4.02. The lowest BCUT2D eigenvalue weighted by molar-refractivity contribution is -0.117. The molecule has 3 rings (SSSR count). The minimum Gasteiger partial charge on any atom is -0.495 e. The fraction of sp³-hybridized carbons (Fsp3) is 0.130. The third-order valence-corrected chi connectivity index (χ3v) is 5.94. The summed E-state index contributed by atoms with van der Waals surface area (Å²) in [6.45, 7) is 3.37. The van der Waals surface area contributed by atoms with Gasteiger partial charge in [-0.2, -0.15) is 0 Å². The maximum atomic E-state index is 12.6. The highest BCUT2D eigenvalue weighted by atomic mass is 32.2. The van der Waals surface area contributed by atoms with Gasteiger partial charge in [0, 0.05) is 6.08 Å². The molecule has 1 heterocycles. The number of para-hydroxylation sites is 2. The number of hydrazine groups is 1. The highest BCUT2D eigenvalue weighted by Crippen LogP contribution is 2.26. The summed E-state index contributed by atoms with van der Waals surface area (Å²) in [4.78, 5) is 24.1. The van der Waals surface area contributed by atoms with Gasteiger partial charge >= 0.3 is 0 Å². The number of nitrogens with one attached hydrogen (secondary N) is 3. The molecule has 0 saturated carbocycles. The SMILES string of the molecule is COc1ccccc1NS(=O)(=O)c1ccc(C=CC(=O)NNC(=O)c2cc(C)oc2C)cc1. The second kappa shape index (κ2) is 10.0. The Bertz CT molecular complexity index is 1290. The number of hydrogen-bond acceptors (Lipinski definition) is 6. The summed E-state index contributed by atoms with van der Waals surface area (Å²) in [6, 6.07) is 14.2. The van der Waals surface area contributed by atoms with Gasteiger partial charge in [0.2, 0.25) is 0 Å². The number of hydrogen-bond donors (Lipinski definition) is 3. The van der Waals surface area contributed by atoms with E-state index in [0.717, 1.165) is 0 Å². The van der Waals surface area contributed by atoms with E-state index in [0.29, 0.717) is 34.1 Å². The Morgan fingerprint density at radius 3 is 2.33 bits per heavy atom. The Labute approximate surface area is 191 Å². The molecule has 0 fully saturated rings. The van der Waals surface area contributed by atoms with E-state index < -0.39 is 21.8 Å². The molecule has 0 saturated heterocycles. The summed E-state index contributed by atoms with van der Waals surface area (Å²) >= 11 is 0. The van der Waals surface area contributed by atoms with Crippen molar-refractivity contribution in [2.75, 3.05) is 11.8 Å². The van der Waals surface area contributed by atoms with Crippen LogP contribution in [0, 0.1) is 13.8 Å². The largest absolute Gasteiger partial charge is 0.495 e. The standard InChI is InChI=1S/C23H23N3O6S/c1-15-14-19(16(2)32-15)23(28)25-24-22(27)13-10-17-8-11-18(12-9-17)33(29,30)26-20-6-4-5-7-21(20)31-3/h4-14,26H,1-3H3,(H,24,27)(H,25,28). The number of amides is 2. The first kappa shape index (κ1) is 23.6. The molecule has 2 amide bonds. The zero-order valence-electron chi connectivity index (χ0n) is 18.2. The van der Waals surface area contributed by atoms with Gasteiger partial charge in [0.25, 0.3) is 21.8 Å². The van der Waals surface area contributed by atoms with E-state index in [-0.39, 0.29) is 4.90 Å². The van der Waals surface area contributed by atoms with Gasteiger partial charge in [-0.3, -0.25) is 25.2 Å². The van der Waals surface area contributed by atoms with Crippen LogP contribution in [-0.4, -0.2) is 27.3 Å². The molecule has 0 radical (unpaired) electrons. The first-order valence-electron chi connectivity index (χ1n) is 9.81. The van der Waals surface area contributed by atoms with E-state index in [4.69, 9.17) is 9.15 Å². The van der Waals surface area contributed by atoms with Crippen molar-refractivity contribution < 1.29 is 27.2 Å². The fourth-order valence-electron chi connectivity index (χ4n) is 2.95. The average Bonchev–Trinajstić information content (AvgIpc) is 3.14. The van der Waals surface area contributed by atoms with Gasteiger partial charge in [0.15, 0.2) is 0 Å². The number of rotatable bonds is 7. The molecular weight excluding hydrogens is 446 g/mol. The average molecular weight is 470 g/mol. The quantitative estimate of drug-likeness (QED) is 0.360. The van der Waals surface area contributed by atoms with Crippen LogP contribution in [-0.2, 0) is 14.8 Å². The highest BCUT2D eigenvalue weighted by molar-refractivity contribution is 7.92. The van der Waals surface area contributed by atoms with Crippen molar-refractivity contribution in [3.8, 4) is 5.75 Å². The van der Waals surface area contributed by atoms with E-state index in [1.807, 2.05) is 0 Å².